The Morgan fingerprint density at radius 1 is 1.26 bits per heavy atom. The van der Waals surface area contributed by atoms with Crippen LogP contribution in [0.2, 0.25) is 0 Å². The summed E-state index contributed by atoms with van der Waals surface area (Å²) in [5.41, 5.74) is 0. The summed E-state index contributed by atoms with van der Waals surface area (Å²) in [4.78, 5) is 9.03. The second kappa shape index (κ2) is 9.02. The largest absolute Gasteiger partial charge is 0.373 e. The SMILES string of the molecule is CCCc1nc(NC)cc(NC(C)CCSCC)n1. The van der Waals surface area contributed by atoms with E-state index in [1.165, 1.54) is 11.5 Å². The number of aryl methyl sites for hydroxylation is 1. The molecule has 0 bridgehead atoms. The van der Waals surface area contributed by atoms with Gasteiger partial charge in [-0.25, -0.2) is 9.97 Å². The highest BCUT2D eigenvalue weighted by Crippen LogP contribution is 2.14. The van der Waals surface area contributed by atoms with Crippen molar-refractivity contribution in [3.63, 3.8) is 0 Å². The van der Waals surface area contributed by atoms with Gasteiger partial charge < -0.3 is 10.6 Å². The third kappa shape index (κ3) is 6.14. The molecule has 1 rings (SSSR count). The molecule has 1 heterocycles. The van der Waals surface area contributed by atoms with Crippen LogP contribution in [0.3, 0.4) is 0 Å². The minimum Gasteiger partial charge on any atom is -0.373 e. The molecule has 0 aromatic carbocycles. The number of hydrogen-bond acceptors (Lipinski definition) is 5. The molecule has 0 aliphatic heterocycles. The lowest BCUT2D eigenvalue weighted by atomic mass is 10.2. The van der Waals surface area contributed by atoms with E-state index < -0.39 is 0 Å². The van der Waals surface area contributed by atoms with Gasteiger partial charge in [0.05, 0.1) is 0 Å². The maximum atomic E-state index is 4.57. The second-order valence-electron chi connectivity index (χ2n) is 4.59. The molecule has 1 aromatic heterocycles. The summed E-state index contributed by atoms with van der Waals surface area (Å²) in [6.07, 6.45) is 3.14. The Morgan fingerprint density at radius 3 is 2.63 bits per heavy atom. The first kappa shape index (κ1) is 16.1. The number of aromatic nitrogens is 2. The minimum atomic E-state index is 0.438. The van der Waals surface area contributed by atoms with Crippen molar-refractivity contribution in [1.82, 2.24) is 9.97 Å². The van der Waals surface area contributed by atoms with E-state index in [1.54, 1.807) is 0 Å². The Labute approximate surface area is 121 Å². The van der Waals surface area contributed by atoms with Crippen LogP contribution in [-0.4, -0.2) is 34.6 Å². The van der Waals surface area contributed by atoms with Crippen molar-refractivity contribution >= 4 is 23.4 Å². The average molecular weight is 282 g/mol. The molecule has 0 amide bonds. The van der Waals surface area contributed by atoms with Gasteiger partial charge in [-0.15, -0.1) is 0 Å². The van der Waals surface area contributed by atoms with Crippen molar-refractivity contribution in [3.05, 3.63) is 11.9 Å². The number of nitrogens with zero attached hydrogens (tertiary/aromatic N) is 2. The van der Waals surface area contributed by atoms with Gasteiger partial charge in [-0.05, 0) is 31.3 Å². The molecule has 19 heavy (non-hydrogen) atoms. The molecular weight excluding hydrogens is 256 g/mol. The van der Waals surface area contributed by atoms with Crippen LogP contribution in [0.15, 0.2) is 6.07 Å². The number of anilines is 2. The van der Waals surface area contributed by atoms with Gasteiger partial charge in [0.2, 0.25) is 0 Å². The highest BCUT2D eigenvalue weighted by atomic mass is 32.2. The number of hydrogen-bond donors (Lipinski definition) is 2. The predicted molar refractivity (Wildman–Crippen MR) is 86.3 cm³/mol. The van der Waals surface area contributed by atoms with Crippen LogP contribution >= 0.6 is 11.8 Å². The molecule has 0 saturated carbocycles. The van der Waals surface area contributed by atoms with E-state index >= 15 is 0 Å². The summed E-state index contributed by atoms with van der Waals surface area (Å²) in [5, 5.41) is 6.57. The van der Waals surface area contributed by atoms with E-state index in [9.17, 15) is 0 Å². The van der Waals surface area contributed by atoms with Gasteiger partial charge in [0.1, 0.15) is 17.5 Å². The molecule has 4 nitrogen and oxygen atoms in total. The lowest BCUT2D eigenvalue weighted by molar-refractivity contribution is 0.759. The molecule has 0 spiro atoms. The Morgan fingerprint density at radius 2 is 2.00 bits per heavy atom. The predicted octanol–water partition coefficient (Wildman–Crippen LogP) is 3.41. The monoisotopic (exact) mass is 282 g/mol. The molecule has 0 radical (unpaired) electrons. The highest BCUT2D eigenvalue weighted by Gasteiger charge is 2.06. The van der Waals surface area contributed by atoms with Crippen molar-refractivity contribution < 1.29 is 0 Å². The van der Waals surface area contributed by atoms with Crippen molar-refractivity contribution in [2.75, 3.05) is 29.2 Å². The molecule has 1 aromatic rings. The molecule has 1 atom stereocenters. The fourth-order valence-corrected chi connectivity index (χ4v) is 2.57. The zero-order chi connectivity index (χ0) is 14.1. The first-order valence-corrected chi connectivity index (χ1v) is 8.25. The maximum absolute atomic E-state index is 4.57. The van der Waals surface area contributed by atoms with Crippen molar-refractivity contribution in [3.8, 4) is 0 Å². The van der Waals surface area contributed by atoms with Gasteiger partial charge in [-0.3, -0.25) is 0 Å². The van der Waals surface area contributed by atoms with Crippen LogP contribution in [0.5, 0.6) is 0 Å². The maximum Gasteiger partial charge on any atom is 0.133 e. The van der Waals surface area contributed by atoms with Gasteiger partial charge in [0.25, 0.3) is 0 Å². The zero-order valence-electron chi connectivity index (χ0n) is 12.5. The van der Waals surface area contributed by atoms with Gasteiger partial charge in [0, 0.05) is 25.6 Å². The van der Waals surface area contributed by atoms with Gasteiger partial charge in [-0.1, -0.05) is 13.8 Å². The fraction of sp³-hybridized carbons (Fsp3) is 0.714. The quantitative estimate of drug-likeness (QED) is 0.680. The van der Waals surface area contributed by atoms with E-state index in [2.05, 4.69) is 41.4 Å². The van der Waals surface area contributed by atoms with Crippen molar-refractivity contribution in [2.24, 2.45) is 0 Å². The highest BCUT2D eigenvalue weighted by molar-refractivity contribution is 7.99. The smallest absolute Gasteiger partial charge is 0.133 e. The number of rotatable bonds is 9. The van der Waals surface area contributed by atoms with E-state index in [1.807, 2.05) is 24.9 Å². The van der Waals surface area contributed by atoms with Crippen LogP contribution in [0, 0.1) is 0 Å². The zero-order valence-corrected chi connectivity index (χ0v) is 13.3. The third-order valence-corrected chi connectivity index (χ3v) is 3.73. The van der Waals surface area contributed by atoms with Crippen LogP contribution in [0.25, 0.3) is 0 Å². The summed E-state index contributed by atoms with van der Waals surface area (Å²) >= 11 is 1.98. The molecule has 0 saturated heterocycles. The molecule has 2 N–H and O–H groups in total. The Hall–Kier alpha value is -0.970. The van der Waals surface area contributed by atoms with Crippen LogP contribution < -0.4 is 10.6 Å². The van der Waals surface area contributed by atoms with Gasteiger partial charge in [0.15, 0.2) is 0 Å². The van der Waals surface area contributed by atoms with E-state index in [-0.39, 0.29) is 0 Å². The normalized spacial score (nSPS) is 12.2. The summed E-state index contributed by atoms with van der Waals surface area (Å²) < 4.78 is 0. The summed E-state index contributed by atoms with van der Waals surface area (Å²) in [5.74, 6) is 5.10. The van der Waals surface area contributed by atoms with Crippen LogP contribution in [0.4, 0.5) is 11.6 Å². The molecule has 0 aliphatic carbocycles. The number of nitrogens with one attached hydrogen (secondary N) is 2. The van der Waals surface area contributed by atoms with E-state index in [0.29, 0.717) is 6.04 Å². The third-order valence-electron chi connectivity index (χ3n) is 2.80. The van der Waals surface area contributed by atoms with Crippen molar-refractivity contribution in [2.45, 2.75) is 46.1 Å². The Kier molecular flexibility index (Phi) is 7.63. The van der Waals surface area contributed by atoms with Gasteiger partial charge >= 0.3 is 0 Å². The molecule has 0 aliphatic rings. The molecule has 5 heteroatoms. The lowest BCUT2D eigenvalue weighted by Gasteiger charge is -2.15. The Bertz CT molecular complexity index is 370. The minimum absolute atomic E-state index is 0.438. The first-order chi connectivity index (χ1) is 9.19. The molecule has 108 valence electrons. The fourth-order valence-electron chi connectivity index (χ4n) is 1.76. The standard InChI is InChI=1S/C14H26N4S/c1-5-7-12-17-13(15-4)10-14(18-12)16-11(3)8-9-19-6-2/h10-11H,5-9H2,1-4H3,(H2,15,16,17,18). The molecule has 0 fully saturated rings. The average Bonchev–Trinajstić information content (AvgIpc) is 2.39. The first-order valence-electron chi connectivity index (χ1n) is 7.09. The summed E-state index contributed by atoms with van der Waals surface area (Å²) in [6.45, 7) is 6.55. The van der Waals surface area contributed by atoms with Gasteiger partial charge in [-0.2, -0.15) is 11.8 Å². The molecule has 1 unspecified atom stereocenters. The van der Waals surface area contributed by atoms with E-state index in [0.717, 1.165) is 36.7 Å². The van der Waals surface area contributed by atoms with Crippen LogP contribution in [-0.2, 0) is 6.42 Å². The number of thioether (sulfide) groups is 1. The van der Waals surface area contributed by atoms with E-state index in [4.69, 9.17) is 0 Å². The van der Waals surface area contributed by atoms with Crippen molar-refractivity contribution in [1.29, 1.82) is 0 Å². The molecular formula is C14H26N4S. The summed E-state index contributed by atoms with van der Waals surface area (Å²) in [7, 11) is 1.89. The second-order valence-corrected chi connectivity index (χ2v) is 5.98. The topological polar surface area (TPSA) is 49.8 Å². The summed E-state index contributed by atoms with van der Waals surface area (Å²) in [6, 6.07) is 2.41. The Balaban J connectivity index is 2.62. The van der Waals surface area contributed by atoms with Crippen LogP contribution in [0.1, 0.15) is 39.4 Å². The lowest BCUT2D eigenvalue weighted by Crippen LogP contribution is -2.18.